The Balaban J connectivity index is 1.62. The van der Waals surface area contributed by atoms with Gasteiger partial charge >= 0.3 is 0 Å². The number of hydrogen-bond acceptors (Lipinski definition) is 7. The van der Waals surface area contributed by atoms with Gasteiger partial charge < -0.3 is 34.5 Å². The lowest BCUT2D eigenvalue weighted by atomic mass is 9.99. The van der Waals surface area contributed by atoms with Crippen LogP contribution >= 0.6 is 23.2 Å². The Labute approximate surface area is 221 Å². The number of ether oxygens (including phenoxy) is 2. The van der Waals surface area contributed by atoms with E-state index in [0.717, 1.165) is 0 Å². The Morgan fingerprint density at radius 1 is 0.919 bits per heavy atom. The van der Waals surface area contributed by atoms with E-state index in [9.17, 15) is 25.2 Å². The minimum Gasteiger partial charge on any atom is -0.460 e. The quantitative estimate of drug-likeness (QED) is 0.275. The largest absolute Gasteiger partial charge is 0.460 e. The molecule has 1 saturated heterocycles. The summed E-state index contributed by atoms with van der Waals surface area (Å²) in [6.45, 7) is -0.588. The molecule has 4 aromatic rings. The number of aliphatic hydroxyl groups is 4. The maximum atomic E-state index is 13.4. The van der Waals surface area contributed by atoms with Gasteiger partial charge in [0.25, 0.3) is 0 Å². The van der Waals surface area contributed by atoms with Gasteiger partial charge in [-0.1, -0.05) is 53.5 Å². The van der Waals surface area contributed by atoms with Crippen molar-refractivity contribution in [3.05, 3.63) is 94.1 Å². The topological polar surface area (TPSA) is 121 Å². The van der Waals surface area contributed by atoms with E-state index in [1.807, 2.05) is 6.07 Å². The smallest absolute Gasteiger partial charge is 0.229 e. The lowest BCUT2D eigenvalue weighted by Crippen LogP contribution is -2.60. The lowest BCUT2D eigenvalue weighted by Gasteiger charge is -2.39. The highest BCUT2D eigenvalue weighted by Gasteiger charge is 2.45. The van der Waals surface area contributed by atoms with Crippen molar-refractivity contribution in [2.45, 2.75) is 30.7 Å². The Morgan fingerprint density at radius 3 is 2.35 bits per heavy atom. The highest BCUT2D eigenvalue weighted by atomic mass is 35.5. The fourth-order valence-electron chi connectivity index (χ4n) is 4.39. The van der Waals surface area contributed by atoms with Crippen molar-refractivity contribution in [3.63, 3.8) is 0 Å². The lowest BCUT2D eigenvalue weighted by molar-refractivity contribution is -0.277. The van der Waals surface area contributed by atoms with E-state index in [1.54, 1.807) is 71.4 Å². The third-order valence-corrected chi connectivity index (χ3v) is 6.79. The number of halogens is 2. The number of fused-ring (bicyclic) bond motifs is 1. The van der Waals surface area contributed by atoms with Crippen molar-refractivity contribution in [1.29, 1.82) is 0 Å². The highest BCUT2D eigenvalue weighted by molar-refractivity contribution is 6.31. The van der Waals surface area contributed by atoms with E-state index in [-0.39, 0.29) is 11.5 Å². The number of aliphatic hydroxyl groups excluding tert-OH is 4. The number of ketones is 1. The molecule has 1 fully saturated rings. The molecule has 0 amide bonds. The van der Waals surface area contributed by atoms with Crippen LogP contribution in [0.4, 0.5) is 0 Å². The van der Waals surface area contributed by atoms with Crippen LogP contribution in [0.25, 0.3) is 16.6 Å². The molecule has 5 rings (SSSR count). The standard InChI is InChI=1S/C27H23Cl2NO7/c28-15-6-8-17-19(10-15)30(12-21(17)36-27-26(35)25(34)24(33)22(13-31)37-27)20-11-16(29)7-9-18(20)23(32)14-4-2-1-3-5-14/h1-12,22,24-27,31,33-35H,13H2/t22-,24+,25+,26-,27-/m1/s1. The van der Waals surface area contributed by atoms with Crippen molar-refractivity contribution in [2.75, 3.05) is 6.61 Å². The van der Waals surface area contributed by atoms with Gasteiger partial charge in [0.1, 0.15) is 30.2 Å². The van der Waals surface area contributed by atoms with Gasteiger partial charge in [-0.25, -0.2) is 0 Å². The molecule has 4 N–H and O–H groups in total. The molecule has 0 radical (unpaired) electrons. The van der Waals surface area contributed by atoms with Gasteiger partial charge in [0, 0.05) is 26.6 Å². The summed E-state index contributed by atoms with van der Waals surface area (Å²) in [6, 6.07) is 18.8. The Morgan fingerprint density at radius 2 is 1.62 bits per heavy atom. The van der Waals surface area contributed by atoms with Crippen molar-refractivity contribution >= 4 is 39.9 Å². The molecule has 192 valence electrons. The Hall–Kier alpha value is -2.95. The van der Waals surface area contributed by atoms with Gasteiger partial charge in [0.05, 0.1) is 24.0 Å². The molecule has 0 unspecified atom stereocenters. The molecular formula is C27H23Cl2NO7. The molecule has 0 aliphatic carbocycles. The molecule has 1 aromatic heterocycles. The molecule has 37 heavy (non-hydrogen) atoms. The normalized spacial score (nSPS) is 23.8. The molecule has 3 aromatic carbocycles. The van der Waals surface area contributed by atoms with Crippen molar-refractivity contribution in [2.24, 2.45) is 0 Å². The molecule has 0 spiro atoms. The SMILES string of the molecule is O=C(c1ccccc1)c1ccc(Cl)cc1-n1cc(O[C@@H]2O[C@H](CO)[C@H](O)[C@H](O)[C@H]2O)c2ccc(Cl)cc21. The number of aromatic nitrogens is 1. The minimum atomic E-state index is -1.60. The molecule has 1 aliphatic rings. The molecule has 5 atom stereocenters. The molecule has 0 bridgehead atoms. The second kappa shape index (κ2) is 10.4. The number of carbonyl (C=O) groups is 1. The van der Waals surface area contributed by atoms with Crippen LogP contribution in [0.15, 0.2) is 72.9 Å². The number of nitrogens with zero attached hydrogens (tertiary/aromatic N) is 1. The average Bonchev–Trinajstić information content (AvgIpc) is 3.26. The fourth-order valence-corrected chi connectivity index (χ4v) is 4.73. The van der Waals surface area contributed by atoms with E-state index >= 15 is 0 Å². The molecule has 8 nitrogen and oxygen atoms in total. The fraction of sp³-hybridized carbons (Fsp3) is 0.222. The monoisotopic (exact) mass is 543 g/mol. The predicted molar refractivity (Wildman–Crippen MR) is 138 cm³/mol. The first-order valence-electron chi connectivity index (χ1n) is 11.5. The van der Waals surface area contributed by atoms with Gasteiger partial charge in [0.2, 0.25) is 6.29 Å². The van der Waals surface area contributed by atoms with Crippen LogP contribution in [0.1, 0.15) is 15.9 Å². The van der Waals surface area contributed by atoms with Crippen LogP contribution in [0.3, 0.4) is 0 Å². The van der Waals surface area contributed by atoms with Crippen molar-refractivity contribution in [3.8, 4) is 11.4 Å². The zero-order chi connectivity index (χ0) is 26.3. The summed E-state index contributed by atoms with van der Waals surface area (Å²) in [5.41, 5.74) is 1.93. The van der Waals surface area contributed by atoms with Crippen LogP contribution < -0.4 is 4.74 Å². The van der Waals surface area contributed by atoms with E-state index in [4.69, 9.17) is 32.7 Å². The highest BCUT2D eigenvalue weighted by Crippen LogP contribution is 2.36. The van der Waals surface area contributed by atoms with E-state index in [0.29, 0.717) is 37.8 Å². The third kappa shape index (κ3) is 4.85. The molecule has 2 heterocycles. The summed E-state index contributed by atoms with van der Waals surface area (Å²) in [5, 5.41) is 41.6. The number of rotatable bonds is 6. The predicted octanol–water partition coefficient (Wildman–Crippen LogP) is 3.35. The van der Waals surface area contributed by atoms with Gasteiger partial charge in [-0.05, 0) is 36.4 Å². The maximum Gasteiger partial charge on any atom is 0.229 e. The molecule has 1 aliphatic heterocycles. The molecule has 0 saturated carbocycles. The third-order valence-electron chi connectivity index (χ3n) is 6.32. The van der Waals surface area contributed by atoms with Crippen LogP contribution in [0.2, 0.25) is 10.0 Å². The second-order valence-corrected chi connectivity index (χ2v) is 9.57. The zero-order valence-corrected chi connectivity index (χ0v) is 20.8. The van der Waals surface area contributed by atoms with Crippen LogP contribution in [0, 0.1) is 0 Å². The molecular weight excluding hydrogens is 521 g/mol. The zero-order valence-electron chi connectivity index (χ0n) is 19.2. The minimum absolute atomic E-state index is 0.215. The second-order valence-electron chi connectivity index (χ2n) is 8.70. The first-order chi connectivity index (χ1) is 17.8. The van der Waals surface area contributed by atoms with Crippen molar-refractivity contribution in [1.82, 2.24) is 4.57 Å². The summed E-state index contributed by atoms with van der Waals surface area (Å²) >= 11 is 12.6. The average molecular weight is 544 g/mol. The van der Waals surface area contributed by atoms with Crippen LogP contribution in [-0.4, -0.2) is 68.1 Å². The number of carbonyl (C=O) groups excluding carboxylic acids is 1. The van der Waals surface area contributed by atoms with Gasteiger partial charge in [-0.3, -0.25) is 4.79 Å². The Kier molecular flexibility index (Phi) is 7.24. The summed E-state index contributed by atoms with van der Waals surface area (Å²) in [5.74, 6) is 0.0293. The summed E-state index contributed by atoms with van der Waals surface area (Å²) in [6.07, 6.45) is -5.63. The first kappa shape index (κ1) is 25.7. The van der Waals surface area contributed by atoms with Crippen LogP contribution in [0.5, 0.6) is 5.75 Å². The maximum absolute atomic E-state index is 13.4. The Bertz CT molecular complexity index is 1440. The van der Waals surface area contributed by atoms with Gasteiger partial charge in [-0.2, -0.15) is 0 Å². The number of benzene rings is 3. The van der Waals surface area contributed by atoms with Crippen molar-refractivity contribution < 1.29 is 34.7 Å². The van der Waals surface area contributed by atoms with E-state index in [1.165, 1.54) is 0 Å². The van der Waals surface area contributed by atoms with Gasteiger partial charge in [0.15, 0.2) is 5.78 Å². The van der Waals surface area contributed by atoms with E-state index in [2.05, 4.69) is 0 Å². The first-order valence-corrected chi connectivity index (χ1v) is 12.2. The van der Waals surface area contributed by atoms with E-state index < -0.39 is 37.3 Å². The van der Waals surface area contributed by atoms with Crippen LogP contribution in [-0.2, 0) is 4.74 Å². The summed E-state index contributed by atoms with van der Waals surface area (Å²) < 4.78 is 13.2. The molecule has 10 heteroatoms. The number of hydrogen-bond donors (Lipinski definition) is 4. The summed E-state index contributed by atoms with van der Waals surface area (Å²) in [7, 11) is 0. The summed E-state index contributed by atoms with van der Waals surface area (Å²) in [4.78, 5) is 13.4. The van der Waals surface area contributed by atoms with Gasteiger partial charge in [-0.15, -0.1) is 0 Å².